The van der Waals surface area contributed by atoms with Crippen molar-refractivity contribution < 1.29 is 0 Å². The van der Waals surface area contributed by atoms with E-state index in [1.807, 2.05) is 6.20 Å². The van der Waals surface area contributed by atoms with Crippen LogP contribution in [-0.4, -0.2) is 4.37 Å². The molecule has 0 aliphatic heterocycles. The normalized spacial score (nSPS) is 23.2. The molecule has 13 heavy (non-hydrogen) atoms. The molecule has 0 aromatic carbocycles. The summed E-state index contributed by atoms with van der Waals surface area (Å²) in [6.45, 7) is 2.31. The van der Waals surface area contributed by atoms with Gasteiger partial charge in [0.1, 0.15) is 0 Å². The molecule has 1 aromatic rings. The summed E-state index contributed by atoms with van der Waals surface area (Å²) in [7, 11) is 0. The van der Waals surface area contributed by atoms with Gasteiger partial charge in [-0.2, -0.15) is 0 Å². The SMILES string of the molecule is CC1(C(N)c2ccns2)CCCC1. The molecule has 1 fully saturated rings. The van der Waals surface area contributed by atoms with E-state index in [4.69, 9.17) is 5.73 Å². The van der Waals surface area contributed by atoms with Crippen molar-refractivity contribution in [3.8, 4) is 0 Å². The summed E-state index contributed by atoms with van der Waals surface area (Å²) in [6, 6.07) is 2.25. The van der Waals surface area contributed by atoms with E-state index in [-0.39, 0.29) is 6.04 Å². The van der Waals surface area contributed by atoms with E-state index < -0.39 is 0 Å². The van der Waals surface area contributed by atoms with Gasteiger partial charge in [0, 0.05) is 17.1 Å². The van der Waals surface area contributed by atoms with Crippen molar-refractivity contribution in [2.24, 2.45) is 11.1 Å². The molecule has 0 saturated heterocycles. The molecule has 1 aliphatic rings. The Morgan fingerprint density at radius 1 is 1.54 bits per heavy atom. The molecule has 2 rings (SSSR count). The first-order valence-electron chi connectivity index (χ1n) is 4.88. The van der Waals surface area contributed by atoms with Crippen LogP contribution in [0.5, 0.6) is 0 Å². The monoisotopic (exact) mass is 196 g/mol. The summed E-state index contributed by atoms with van der Waals surface area (Å²) in [5.41, 5.74) is 6.58. The molecule has 2 nitrogen and oxygen atoms in total. The van der Waals surface area contributed by atoms with Crippen molar-refractivity contribution in [3.63, 3.8) is 0 Å². The van der Waals surface area contributed by atoms with Crippen molar-refractivity contribution >= 4 is 11.5 Å². The van der Waals surface area contributed by atoms with Crippen LogP contribution in [-0.2, 0) is 0 Å². The van der Waals surface area contributed by atoms with Gasteiger partial charge in [0.15, 0.2) is 0 Å². The van der Waals surface area contributed by atoms with Crippen LogP contribution in [0.1, 0.15) is 43.5 Å². The Bertz CT molecular complexity index is 262. The second kappa shape index (κ2) is 3.39. The minimum absolute atomic E-state index is 0.197. The van der Waals surface area contributed by atoms with Crippen LogP contribution in [0.2, 0.25) is 0 Å². The molecule has 1 saturated carbocycles. The summed E-state index contributed by atoms with van der Waals surface area (Å²) >= 11 is 1.54. The fourth-order valence-corrected chi connectivity index (χ4v) is 2.99. The summed E-state index contributed by atoms with van der Waals surface area (Å²) in [5.74, 6) is 0. The van der Waals surface area contributed by atoms with Gasteiger partial charge in [-0.3, -0.25) is 0 Å². The number of nitrogens with two attached hydrogens (primary N) is 1. The van der Waals surface area contributed by atoms with Gasteiger partial charge in [-0.05, 0) is 35.9 Å². The highest BCUT2D eigenvalue weighted by Gasteiger charge is 2.36. The van der Waals surface area contributed by atoms with Gasteiger partial charge >= 0.3 is 0 Å². The lowest BCUT2D eigenvalue weighted by atomic mass is 9.80. The minimum atomic E-state index is 0.197. The first-order chi connectivity index (χ1) is 6.22. The molecular weight excluding hydrogens is 180 g/mol. The molecular formula is C10H16N2S. The van der Waals surface area contributed by atoms with Crippen LogP contribution in [0, 0.1) is 5.41 Å². The number of nitrogens with zero attached hydrogens (tertiary/aromatic N) is 1. The zero-order valence-corrected chi connectivity index (χ0v) is 8.81. The average Bonchev–Trinajstić information content (AvgIpc) is 2.73. The maximum atomic E-state index is 6.25. The topological polar surface area (TPSA) is 38.9 Å². The molecule has 3 heteroatoms. The second-order valence-corrected chi connectivity index (χ2v) is 5.12. The van der Waals surface area contributed by atoms with Crippen LogP contribution in [0.4, 0.5) is 0 Å². The van der Waals surface area contributed by atoms with Gasteiger partial charge in [0.05, 0.1) is 0 Å². The number of hydrogen-bond acceptors (Lipinski definition) is 3. The Labute approximate surface area is 83.3 Å². The van der Waals surface area contributed by atoms with E-state index in [9.17, 15) is 0 Å². The Morgan fingerprint density at radius 2 is 2.23 bits per heavy atom. The fourth-order valence-electron chi connectivity index (χ4n) is 2.22. The molecule has 1 unspecified atom stereocenters. The molecule has 2 N–H and O–H groups in total. The third kappa shape index (κ3) is 1.63. The Hall–Kier alpha value is -0.410. The molecule has 0 radical (unpaired) electrons. The highest BCUT2D eigenvalue weighted by atomic mass is 32.1. The quantitative estimate of drug-likeness (QED) is 0.790. The predicted molar refractivity (Wildman–Crippen MR) is 55.6 cm³/mol. The largest absolute Gasteiger partial charge is 0.323 e. The number of aromatic nitrogens is 1. The Morgan fingerprint density at radius 3 is 2.77 bits per heavy atom. The molecule has 1 heterocycles. The van der Waals surface area contributed by atoms with Gasteiger partial charge in [-0.1, -0.05) is 19.8 Å². The molecule has 72 valence electrons. The third-order valence-electron chi connectivity index (χ3n) is 3.26. The van der Waals surface area contributed by atoms with E-state index in [1.54, 1.807) is 11.5 Å². The molecule has 0 bridgehead atoms. The highest BCUT2D eigenvalue weighted by Crippen LogP contribution is 2.46. The van der Waals surface area contributed by atoms with E-state index in [1.165, 1.54) is 30.6 Å². The lowest BCUT2D eigenvalue weighted by molar-refractivity contribution is 0.268. The lowest BCUT2D eigenvalue weighted by Crippen LogP contribution is -2.28. The van der Waals surface area contributed by atoms with Crippen LogP contribution in [0.25, 0.3) is 0 Å². The average molecular weight is 196 g/mol. The van der Waals surface area contributed by atoms with Gasteiger partial charge in [-0.15, -0.1) is 0 Å². The van der Waals surface area contributed by atoms with Crippen molar-refractivity contribution in [2.45, 2.75) is 38.6 Å². The first-order valence-corrected chi connectivity index (χ1v) is 5.66. The van der Waals surface area contributed by atoms with E-state index in [0.717, 1.165) is 0 Å². The van der Waals surface area contributed by atoms with Crippen LogP contribution < -0.4 is 5.73 Å². The summed E-state index contributed by atoms with van der Waals surface area (Å²) in [5, 5.41) is 0. The molecule has 1 aliphatic carbocycles. The van der Waals surface area contributed by atoms with E-state index in [2.05, 4.69) is 17.4 Å². The van der Waals surface area contributed by atoms with Gasteiger partial charge in [0.2, 0.25) is 0 Å². The summed E-state index contributed by atoms with van der Waals surface area (Å²) in [6.07, 6.45) is 7.06. The molecule has 0 amide bonds. The lowest BCUT2D eigenvalue weighted by Gasteiger charge is -2.29. The van der Waals surface area contributed by atoms with Crippen LogP contribution in [0.15, 0.2) is 12.3 Å². The number of hydrogen-bond donors (Lipinski definition) is 1. The van der Waals surface area contributed by atoms with Gasteiger partial charge in [-0.25, -0.2) is 4.37 Å². The minimum Gasteiger partial charge on any atom is -0.323 e. The Kier molecular flexibility index (Phi) is 2.39. The molecule has 0 spiro atoms. The fraction of sp³-hybridized carbons (Fsp3) is 0.700. The summed E-state index contributed by atoms with van der Waals surface area (Å²) in [4.78, 5) is 1.24. The standard InChI is InChI=1S/C10H16N2S/c1-10(5-2-3-6-10)9(11)8-4-7-12-13-8/h4,7,9H,2-3,5-6,11H2,1H3. The molecule has 1 atom stereocenters. The van der Waals surface area contributed by atoms with Gasteiger partial charge < -0.3 is 5.73 Å². The van der Waals surface area contributed by atoms with Gasteiger partial charge in [0.25, 0.3) is 0 Å². The van der Waals surface area contributed by atoms with Crippen LogP contribution in [0.3, 0.4) is 0 Å². The second-order valence-electron chi connectivity index (χ2n) is 4.25. The Balaban J connectivity index is 2.16. The predicted octanol–water partition coefficient (Wildman–Crippen LogP) is 2.72. The molecule has 1 aromatic heterocycles. The first kappa shape index (κ1) is 9.16. The van der Waals surface area contributed by atoms with Crippen LogP contribution >= 0.6 is 11.5 Å². The number of rotatable bonds is 2. The van der Waals surface area contributed by atoms with E-state index in [0.29, 0.717) is 5.41 Å². The zero-order valence-electron chi connectivity index (χ0n) is 7.99. The zero-order chi connectivity index (χ0) is 9.31. The maximum Gasteiger partial charge on any atom is 0.0460 e. The third-order valence-corrected chi connectivity index (χ3v) is 4.09. The highest BCUT2D eigenvalue weighted by molar-refractivity contribution is 7.05. The van der Waals surface area contributed by atoms with Crippen molar-refractivity contribution in [1.29, 1.82) is 0 Å². The van der Waals surface area contributed by atoms with E-state index >= 15 is 0 Å². The van der Waals surface area contributed by atoms with Crippen molar-refractivity contribution in [2.75, 3.05) is 0 Å². The van der Waals surface area contributed by atoms with Crippen molar-refractivity contribution in [1.82, 2.24) is 4.37 Å². The maximum absolute atomic E-state index is 6.25. The summed E-state index contributed by atoms with van der Waals surface area (Å²) < 4.78 is 4.11. The smallest absolute Gasteiger partial charge is 0.0460 e. The van der Waals surface area contributed by atoms with Crippen molar-refractivity contribution in [3.05, 3.63) is 17.1 Å².